The minimum absolute atomic E-state index is 0.288. The van der Waals surface area contributed by atoms with E-state index in [0.29, 0.717) is 25.7 Å². The maximum absolute atomic E-state index is 11.7. The maximum Gasteiger partial charge on any atom is 0.407 e. The Labute approximate surface area is 180 Å². The van der Waals surface area contributed by atoms with Crippen molar-refractivity contribution in [1.29, 1.82) is 0 Å². The van der Waals surface area contributed by atoms with E-state index < -0.39 is 0 Å². The van der Waals surface area contributed by atoms with Gasteiger partial charge in [0, 0.05) is 12.5 Å². The summed E-state index contributed by atoms with van der Waals surface area (Å²) in [6, 6.07) is 15.7. The van der Waals surface area contributed by atoms with Crippen LogP contribution >= 0.6 is 0 Å². The number of nitrogens with one attached hydrogen (secondary N) is 1. The summed E-state index contributed by atoms with van der Waals surface area (Å²) in [5.74, 6) is 0.362. The maximum atomic E-state index is 11.7. The van der Waals surface area contributed by atoms with Gasteiger partial charge in [-0.15, -0.1) is 0 Å². The summed E-state index contributed by atoms with van der Waals surface area (Å²) in [4.78, 5) is 11.7. The molecule has 1 N–H and O–H groups in total. The predicted octanol–water partition coefficient (Wildman–Crippen LogP) is 5.32. The molecule has 1 aliphatic heterocycles. The van der Waals surface area contributed by atoms with E-state index in [2.05, 4.69) is 54.7 Å². The van der Waals surface area contributed by atoms with E-state index in [0.717, 1.165) is 44.9 Å². The van der Waals surface area contributed by atoms with Gasteiger partial charge in [0.05, 0.1) is 19.3 Å². The number of ether oxygens (including phenoxy) is 2. The number of aryl methyl sites for hydroxylation is 2. The van der Waals surface area contributed by atoms with Crippen LogP contribution in [0.1, 0.15) is 66.3 Å². The van der Waals surface area contributed by atoms with Crippen LogP contribution in [-0.4, -0.2) is 25.3 Å². The highest BCUT2D eigenvalue weighted by molar-refractivity contribution is 5.67. The monoisotopic (exact) mass is 407 g/mol. The third kappa shape index (κ3) is 5.42. The van der Waals surface area contributed by atoms with Crippen molar-refractivity contribution in [1.82, 2.24) is 5.32 Å². The smallest absolute Gasteiger partial charge is 0.407 e. The molecule has 2 aromatic rings. The standard InChI is InChI=1S/C26H33NO3/c1-2-19-6-8-20(9-7-19)18-30-25-13-12-21-15-22(10-11-23(21)16-25)24-5-3-4-14-29-26(28)27-17-24/h6-11,15,24-25H,2-5,12-14,16-18H2,1H3,(H,27,28)/t24-,25+/m0/s1. The van der Waals surface area contributed by atoms with Crippen molar-refractivity contribution in [2.45, 2.75) is 70.5 Å². The van der Waals surface area contributed by atoms with Crippen molar-refractivity contribution in [2.75, 3.05) is 13.2 Å². The molecular weight excluding hydrogens is 374 g/mol. The van der Waals surface area contributed by atoms with Gasteiger partial charge in [-0.3, -0.25) is 0 Å². The molecule has 1 aliphatic carbocycles. The molecule has 1 saturated heterocycles. The van der Waals surface area contributed by atoms with Crippen LogP contribution in [-0.2, 0) is 35.3 Å². The van der Waals surface area contributed by atoms with E-state index >= 15 is 0 Å². The number of rotatable bonds is 5. The van der Waals surface area contributed by atoms with Gasteiger partial charge in [0.15, 0.2) is 0 Å². The number of hydrogen-bond acceptors (Lipinski definition) is 3. The molecule has 4 nitrogen and oxygen atoms in total. The Morgan fingerprint density at radius 2 is 1.87 bits per heavy atom. The number of hydrogen-bond donors (Lipinski definition) is 1. The van der Waals surface area contributed by atoms with Gasteiger partial charge in [-0.1, -0.05) is 49.4 Å². The van der Waals surface area contributed by atoms with Crippen LogP contribution in [0, 0.1) is 0 Å². The van der Waals surface area contributed by atoms with Crippen LogP contribution in [0.3, 0.4) is 0 Å². The van der Waals surface area contributed by atoms with Crippen molar-refractivity contribution in [3.05, 3.63) is 70.3 Å². The molecule has 4 heteroatoms. The molecule has 160 valence electrons. The van der Waals surface area contributed by atoms with Crippen LogP contribution in [0.5, 0.6) is 0 Å². The lowest BCUT2D eigenvalue weighted by Crippen LogP contribution is -2.28. The van der Waals surface area contributed by atoms with Crippen molar-refractivity contribution in [3.63, 3.8) is 0 Å². The Morgan fingerprint density at radius 1 is 1.03 bits per heavy atom. The molecule has 1 heterocycles. The van der Waals surface area contributed by atoms with E-state index in [1.165, 1.54) is 27.8 Å². The number of cyclic esters (lactones) is 1. The summed E-state index contributed by atoms with van der Waals surface area (Å²) >= 11 is 0. The molecule has 1 amide bonds. The third-order valence-corrected chi connectivity index (χ3v) is 6.47. The highest BCUT2D eigenvalue weighted by Crippen LogP contribution is 2.29. The summed E-state index contributed by atoms with van der Waals surface area (Å²) in [7, 11) is 0. The summed E-state index contributed by atoms with van der Waals surface area (Å²) in [5, 5.41) is 2.92. The van der Waals surface area contributed by atoms with Gasteiger partial charge in [0.1, 0.15) is 0 Å². The molecule has 2 atom stereocenters. The van der Waals surface area contributed by atoms with Crippen LogP contribution in [0.25, 0.3) is 0 Å². The minimum atomic E-state index is -0.288. The molecule has 1 fully saturated rings. The summed E-state index contributed by atoms with van der Waals surface area (Å²) < 4.78 is 11.4. The van der Waals surface area contributed by atoms with Gasteiger partial charge in [0.2, 0.25) is 0 Å². The summed E-state index contributed by atoms with van der Waals surface area (Å²) in [6.45, 7) is 4.04. The molecule has 2 aromatic carbocycles. The number of carbonyl (C=O) groups is 1. The Balaban J connectivity index is 1.35. The zero-order valence-corrected chi connectivity index (χ0v) is 18.0. The zero-order chi connectivity index (χ0) is 20.8. The Morgan fingerprint density at radius 3 is 2.70 bits per heavy atom. The number of fused-ring (bicyclic) bond motifs is 1. The quantitative estimate of drug-likeness (QED) is 0.730. The summed E-state index contributed by atoms with van der Waals surface area (Å²) in [5.41, 5.74) is 6.81. The topological polar surface area (TPSA) is 47.6 Å². The average molecular weight is 408 g/mol. The fraction of sp³-hybridized carbons (Fsp3) is 0.500. The molecule has 0 aromatic heterocycles. The highest BCUT2D eigenvalue weighted by atomic mass is 16.5. The first-order valence-corrected chi connectivity index (χ1v) is 11.4. The first-order chi connectivity index (χ1) is 14.7. The number of benzene rings is 2. The predicted molar refractivity (Wildman–Crippen MR) is 119 cm³/mol. The van der Waals surface area contributed by atoms with Gasteiger partial charge in [-0.05, 0) is 72.8 Å². The molecule has 0 saturated carbocycles. The molecule has 2 aliphatic rings. The number of carbonyl (C=O) groups excluding carboxylic acids is 1. The van der Waals surface area contributed by atoms with Gasteiger partial charge in [-0.25, -0.2) is 4.79 Å². The molecule has 0 unspecified atom stereocenters. The number of alkyl carbamates (subject to hydrolysis) is 1. The molecule has 0 bridgehead atoms. The third-order valence-electron chi connectivity index (χ3n) is 6.47. The highest BCUT2D eigenvalue weighted by Gasteiger charge is 2.22. The normalized spacial score (nSPS) is 22.1. The van der Waals surface area contributed by atoms with Crippen LogP contribution in [0.2, 0.25) is 0 Å². The van der Waals surface area contributed by atoms with Crippen LogP contribution in [0.15, 0.2) is 42.5 Å². The van der Waals surface area contributed by atoms with E-state index in [9.17, 15) is 4.79 Å². The van der Waals surface area contributed by atoms with Crippen LogP contribution in [0.4, 0.5) is 4.79 Å². The lowest BCUT2D eigenvalue weighted by Gasteiger charge is -2.26. The lowest BCUT2D eigenvalue weighted by molar-refractivity contribution is 0.0319. The molecular formula is C26H33NO3. The van der Waals surface area contributed by atoms with Gasteiger partial charge in [-0.2, -0.15) is 0 Å². The lowest BCUT2D eigenvalue weighted by atomic mass is 9.85. The number of amides is 1. The van der Waals surface area contributed by atoms with Gasteiger partial charge in [0.25, 0.3) is 0 Å². The van der Waals surface area contributed by atoms with Crippen molar-refractivity contribution < 1.29 is 14.3 Å². The minimum Gasteiger partial charge on any atom is -0.450 e. The molecule has 0 spiro atoms. The second kappa shape index (κ2) is 10.1. The van der Waals surface area contributed by atoms with Crippen molar-refractivity contribution in [2.24, 2.45) is 0 Å². The second-order valence-electron chi connectivity index (χ2n) is 8.58. The first-order valence-electron chi connectivity index (χ1n) is 11.4. The average Bonchev–Trinajstić information content (AvgIpc) is 2.89. The second-order valence-corrected chi connectivity index (χ2v) is 8.58. The van der Waals surface area contributed by atoms with Gasteiger partial charge >= 0.3 is 6.09 Å². The first kappa shape index (κ1) is 20.9. The van der Waals surface area contributed by atoms with Gasteiger partial charge < -0.3 is 14.8 Å². The fourth-order valence-electron chi connectivity index (χ4n) is 4.52. The van der Waals surface area contributed by atoms with Crippen molar-refractivity contribution in [3.8, 4) is 0 Å². The summed E-state index contributed by atoms with van der Waals surface area (Å²) in [6.07, 6.45) is 7.30. The molecule has 4 rings (SSSR count). The van der Waals surface area contributed by atoms with Crippen LogP contribution < -0.4 is 5.32 Å². The fourth-order valence-corrected chi connectivity index (χ4v) is 4.52. The zero-order valence-electron chi connectivity index (χ0n) is 18.0. The molecule has 0 radical (unpaired) electrons. The van der Waals surface area contributed by atoms with E-state index in [1.54, 1.807) is 0 Å². The Kier molecular flexibility index (Phi) is 7.06. The Bertz CT molecular complexity index is 846. The molecule has 30 heavy (non-hydrogen) atoms. The largest absolute Gasteiger partial charge is 0.450 e. The van der Waals surface area contributed by atoms with E-state index in [4.69, 9.17) is 9.47 Å². The SMILES string of the molecule is CCc1ccc(CO[C@@H]2CCc3cc([C@H]4CCCCOC(=O)NC4)ccc3C2)cc1. The van der Waals surface area contributed by atoms with Crippen molar-refractivity contribution >= 4 is 6.09 Å². The van der Waals surface area contributed by atoms with E-state index in [-0.39, 0.29) is 12.2 Å². The Hall–Kier alpha value is -2.33. The van der Waals surface area contributed by atoms with E-state index in [1.807, 2.05) is 0 Å².